The Morgan fingerprint density at radius 1 is 1.10 bits per heavy atom. The average Bonchev–Trinajstić information content (AvgIpc) is 2.53. The van der Waals surface area contributed by atoms with E-state index in [0.717, 1.165) is 12.5 Å². The monoisotopic (exact) mass is 289 g/mol. The van der Waals surface area contributed by atoms with Crippen LogP contribution in [0.1, 0.15) is 57.6 Å². The third-order valence-corrected chi connectivity index (χ3v) is 4.82. The molecule has 0 radical (unpaired) electrons. The number of nitrogens with one attached hydrogen (secondary N) is 1. The van der Waals surface area contributed by atoms with Crippen LogP contribution in [0.4, 0.5) is 0 Å². The van der Waals surface area contributed by atoms with Crippen molar-refractivity contribution in [1.29, 1.82) is 0 Å². The highest BCUT2D eigenvalue weighted by Crippen LogP contribution is 2.35. The molecule has 21 heavy (non-hydrogen) atoms. The second-order valence-electron chi connectivity index (χ2n) is 6.76. The molecule has 2 nitrogen and oxygen atoms in total. The van der Waals surface area contributed by atoms with Gasteiger partial charge in [0, 0.05) is 19.2 Å². The van der Waals surface area contributed by atoms with Crippen molar-refractivity contribution in [3.63, 3.8) is 0 Å². The minimum absolute atomic E-state index is 0.419. The van der Waals surface area contributed by atoms with Crippen LogP contribution in [0.15, 0.2) is 30.3 Å². The van der Waals surface area contributed by atoms with Gasteiger partial charge in [-0.2, -0.15) is 0 Å². The highest BCUT2D eigenvalue weighted by atomic mass is 16.5. The molecular weight excluding hydrogens is 258 g/mol. The molecule has 2 heteroatoms. The van der Waals surface area contributed by atoms with Gasteiger partial charge in [-0.3, -0.25) is 0 Å². The molecule has 0 amide bonds. The van der Waals surface area contributed by atoms with E-state index >= 15 is 0 Å². The molecule has 0 spiro atoms. The normalized spacial score (nSPS) is 19.6. The molecule has 118 valence electrons. The van der Waals surface area contributed by atoms with Crippen LogP contribution >= 0.6 is 0 Å². The lowest BCUT2D eigenvalue weighted by atomic mass is 9.80. The summed E-state index contributed by atoms with van der Waals surface area (Å²) in [5.41, 5.74) is 1.44. The van der Waals surface area contributed by atoms with Crippen molar-refractivity contribution in [2.45, 2.75) is 58.0 Å². The molecule has 2 rings (SSSR count). The zero-order valence-corrected chi connectivity index (χ0v) is 13.8. The number of benzene rings is 1. The summed E-state index contributed by atoms with van der Waals surface area (Å²) in [5, 5.41) is 3.92. The van der Waals surface area contributed by atoms with E-state index in [1.54, 1.807) is 7.11 Å². The van der Waals surface area contributed by atoms with Crippen molar-refractivity contribution in [2.24, 2.45) is 11.8 Å². The maximum absolute atomic E-state index is 5.43. The molecule has 1 N–H and O–H groups in total. The fraction of sp³-hybridized carbons (Fsp3) is 0.684. The molecule has 2 atom stereocenters. The minimum atomic E-state index is 0.419. The topological polar surface area (TPSA) is 21.3 Å². The average molecular weight is 289 g/mol. The van der Waals surface area contributed by atoms with Crippen LogP contribution in [-0.2, 0) is 4.74 Å². The molecule has 1 saturated carbocycles. The highest BCUT2D eigenvalue weighted by molar-refractivity contribution is 5.20. The van der Waals surface area contributed by atoms with Gasteiger partial charge in [-0.1, -0.05) is 63.4 Å². The predicted molar refractivity (Wildman–Crippen MR) is 89.4 cm³/mol. The smallest absolute Gasteiger partial charge is 0.0618 e. The zero-order valence-electron chi connectivity index (χ0n) is 13.8. The van der Waals surface area contributed by atoms with E-state index in [0.29, 0.717) is 18.0 Å². The molecule has 0 aliphatic heterocycles. The SMILES string of the molecule is COCC(NC(c1ccccc1)C1CCCCC1)C(C)C. The summed E-state index contributed by atoms with van der Waals surface area (Å²) >= 11 is 0. The lowest BCUT2D eigenvalue weighted by molar-refractivity contribution is 0.127. The summed E-state index contributed by atoms with van der Waals surface area (Å²) < 4.78 is 5.43. The number of ether oxygens (including phenoxy) is 1. The van der Waals surface area contributed by atoms with Gasteiger partial charge in [-0.15, -0.1) is 0 Å². The van der Waals surface area contributed by atoms with Crippen molar-refractivity contribution in [1.82, 2.24) is 5.32 Å². The Bertz CT molecular complexity index is 384. The third kappa shape index (κ3) is 4.82. The van der Waals surface area contributed by atoms with E-state index in [2.05, 4.69) is 49.5 Å². The van der Waals surface area contributed by atoms with Crippen molar-refractivity contribution in [3.05, 3.63) is 35.9 Å². The summed E-state index contributed by atoms with van der Waals surface area (Å²) in [6, 6.07) is 11.9. The summed E-state index contributed by atoms with van der Waals surface area (Å²) in [5.74, 6) is 1.35. The van der Waals surface area contributed by atoms with E-state index in [-0.39, 0.29) is 0 Å². The molecule has 0 saturated heterocycles. The lowest BCUT2D eigenvalue weighted by Gasteiger charge is -2.35. The Labute approximate surface area is 130 Å². The van der Waals surface area contributed by atoms with Gasteiger partial charge in [0.1, 0.15) is 0 Å². The maximum atomic E-state index is 5.43. The Hall–Kier alpha value is -0.860. The van der Waals surface area contributed by atoms with Crippen LogP contribution < -0.4 is 5.32 Å². The van der Waals surface area contributed by atoms with E-state index in [9.17, 15) is 0 Å². The summed E-state index contributed by atoms with van der Waals surface area (Å²) in [6.07, 6.45) is 6.87. The Morgan fingerprint density at radius 2 is 1.76 bits per heavy atom. The second kappa shape index (κ2) is 8.55. The van der Waals surface area contributed by atoms with Gasteiger partial charge in [0.05, 0.1) is 6.61 Å². The lowest BCUT2D eigenvalue weighted by Crippen LogP contribution is -2.43. The number of methoxy groups -OCH3 is 1. The maximum Gasteiger partial charge on any atom is 0.0618 e. The molecule has 1 aliphatic rings. The second-order valence-corrected chi connectivity index (χ2v) is 6.76. The van der Waals surface area contributed by atoms with Gasteiger partial charge in [0.15, 0.2) is 0 Å². The molecule has 1 aliphatic carbocycles. The van der Waals surface area contributed by atoms with Gasteiger partial charge >= 0.3 is 0 Å². The third-order valence-electron chi connectivity index (χ3n) is 4.82. The zero-order chi connectivity index (χ0) is 15.1. The molecular formula is C19H31NO. The fourth-order valence-corrected chi connectivity index (χ4v) is 3.48. The summed E-state index contributed by atoms with van der Waals surface area (Å²) in [7, 11) is 1.80. The number of hydrogen-bond donors (Lipinski definition) is 1. The first-order valence-corrected chi connectivity index (χ1v) is 8.52. The van der Waals surface area contributed by atoms with Crippen LogP contribution in [0.5, 0.6) is 0 Å². The van der Waals surface area contributed by atoms with Gasteiger partial charge < -0.3 is 10.1 Å². The first-order valence-electron chi connectivity index (χ1n) is 8.52. The first kappa shape index (κ1) is 16.5. The first-order chi connectivity index (χ1) is 10.2. The number of hydrogen-bond acceptors (Lipinski definition) is 2. The number of rotatable bonds is 7. The van der Waals surface area contributed by atoms with E-state index in [1.807, 2.05) is 0 Å². The Morgan fingerprint density at radius 3 is 2.33 bits per heavy atom. The fourth-order valence-electron chi connectivity index (χ4n) is 3.48. The molecule has 1 fully saturated rings. The summed E-state index contributed by atoms with van der Waals surface area (Å²) in [4.78, 5) is 0. The summed E-state index contributed by atoms with van der Waals surface area (Å²) in [6.45, 7) is 5.34. The van der Waals surface area contributed by atoms with Crippen LogP contribution in [0.2, 0.25) is 0 Å². The Kier molecular flexibility index (Phi) is 6.72. The van der Waals surface area contributed by atoms with E-state index in [4.69, 9.17) is 4.74 Å². The van der Waals surface area contributed by atoms with E-state index in [1.165, 1.54) is 37.7 Å². The standard InChI is InChI=1S/C19H31NO/c1-15(2)18(14-21-3)20-19(16-10-6-4-7-11-16)17-12-8-5-9-13-17/h4,6-7,10-11,15,17-20H,5,8-9,12-14H2,1-3H3. The quantitative estimate of drug-likeness (QED) is 0.794. The predicted octanol–water partition coefficient (Wildman–Crippen LogP) is 4.57. The van der Waals surface area contributed by atoms with Gasteiger partial charge in [-0.25, -0.2) is 0 Å². The largest absolute Gasteiger partial charge is 0.383 e. The molecule has 1 aromatic carbocycles. The van der Waals surface area contributed by atoms with Crippen molar-refractivity contribution in [3.8, 4) is 0 Å². The Balaban J connectivity index is 2.14. The van der Waals surface area contributed by atoms with Crippen molar-refractivity contribution in [2.75, 3.05) is 13.7 Å². The van der Waals surface area contributed by atoms with Crippen LogP contribution in [0, 0.1) is 11.8 Å². The molecule has 0 heterocycles. The van der Waals surface area contributed by atoms with Crippen LogP contribution in [0.3, 0.4) is 0 Å². The molecule has 0 aromatic heterocycles. The van der Waals surface area contributed by atoms with Gasteiger partial charge in [-0.05, 0) is 30.2 Å². The van der Waals surface area contributed by atoms with Gasteiger partial charge in [0.2, 0.25) is 0 Å². The van der Waals surface area contributed by atoms with Crippen molar-refractivity contribution < 1.29 is 4.74 Å². The van der Waals surface area contributed by atoms with E-state index < -0.39 is 0 Å². The van der Waals surface area contributed by atoms with Crippen LogP contribution in [-0.4, -0.2) is 19.8 Å². The highest BCUT2D eigenvalue weighted by Gasteiger charge is 2.27. The minimum Gasteiger partial charge on any atom is -0.383 e. The van der Waals surface area contributed by atoms with Gasteiger partial charge in [0.25, 0.3) is 0 Å². The molecule has 0 bridgehead atoms. The molecule has 2 unspecified atom stereocenters. The van der Waals surface area contributed by atoms with Crippen LogP contribution in [0.25, 0.3) is 0 Å². The molecule has 1 aromatic rings. The van der Waals surface area contributed by atoms with Crippen molar-refractivity contribution >= 4 is 0 Å².